The van der Waals surface area contributed by atoms with Crippen molar-refractivity contribution in [2.75, 3.05) is 6.61 Å². The maximum atomic E-state index is 12.5. The van der Waals surface area contributed by atoms with Crippen molar-refractivity contribution in [2.45, 2.75) is 31.1 Å². The van der Waals surface area contributed by atoms with Crippen molar-refractivity contribution in [3.05, 3.63) is 71.3 Å². The van der Waals surface area contributed by atoms with E-state index in [1.165, 1.54) is 0 Å². The van der Waals surface area contributed by atoms with E-state index in [1.54, 1.807) is 6.92 Å². The number of carbonyl (C=O) groups excluding carboxylic acids is 2. The monoisotopic (exact) mass is 323 g/mol. The van der Waals surface area contributed by atoms with E-state index in [0.29, 0.717) is 19.4 Å². The number of rotatable bonds is 4. The van der Waals surface area contributed by atoms with Crippen LogP contribution in [0.25, 0.3) is 0 Å². The molecule has 2 unspecified atom stereocenters. The average molecular weight is 323 g/mol. The van der Waals surface area contributed by atoms with Gasteiger partial charge in [0.1, 0.15) is 0 Å². The van der Waals surface area contributed by atoms with Gasteiger partial charge in [0.25, 0.3) is 0 Å². The van der Waals surface area contributed by atoms with Crippen molar-refractivity contribution in [1.29, 1.82) is 0 Å². The Morgan fingerprint density at radius 1 is 1.12 bits per heavy atom. The fraction of sp³-hybridized carbons (Fsp3) is 0.300. The summed E-state index contributed by atoms with van der Waals surface area (Å²) in [5, 5.41) is 0. The summed E-state index contributed by atoms with van der Waals surface area (Å²) in [4.78, 5) is 24.9. The molecule has 0 bridgehead atoms. The average Bonchev–Trinajstić information content (AvgIpc) is 2.61. The lowest BCUT2D eigenvalue weighted by Gasteiger charge is -2.39. The van der Waals surface area contributed by atoms with E-state index in [2.05, 4.69) is 0 Å². The number of esters is 1. The first kappa shape index (κ1) is 16.2. The number of primary amides is 1. The second-order valence-corrected chi connectivity index (χ2v) is 6.07. The Balaban J connectivity index is 2.18. The molecule has 3 rings (SSSR count). The minimum absolute atomic E-state index is 0.240. The molecule has 4 nitrogen and oxygen atoms in total. The number of fused-ring (bicyclic) bond motifs is 1. The number of hydrogen-bond acceptors (Lipinski definition) is 3. The summed E-state index contributed by atoms with van der Waals surface area (Å²) in [6, 6.07) is 17.1. The molecule has 4 heteroatoms. The summed E-state index contributed by atoms with van der Waals surface area (Å²) in [5.74, 6) is -0.975. The zero-order valence-electron chi connectivity index (χ0n) is 13.7. The van der Waals surface area contributed by atoms with E-state index in [0.717, 1.165) is 16.7 Å². The molecular weight excluding hydrogens is 302 g/mol. The lowest BCUT2D eigenvalue weighted by atomic mass is 9.63. The lowest BCUT2D eigenvalue weighted by molar-refractivity contribution is -0.145. The first-order chi connectivity index (χ1) is 11.6. The van der Waals surface area contributed by atoms with Gasteiger partial charge in [-0.25, -0.2) is 0 Å². The Morgan fingerprint density at radius 2 is 1.79 bits per heavy atom. The predicted octanol–water partition coefficient (Wildman–Crippen LogP) is 2.90. The van der Waals surface area contributed by atoms with Crippen LogP contribution in [0, 0.1) is 0 Å². The molecule has 1 aliphatic carbocycles. The van der Waals surface area contributed by atoms with Gasteiger partial charge in [-0.05, 0) is 36.5 Å². The fourth-order valence-electron chi connectivity index (χ4n) is 3.75. The van der Waals surface area contributed by atoms with Crippen LogP contribution in [0.3, 0.4) is 0 Å². The number of nitrogens with two attached hydrogens (primary N) is 1. The first-order valence-electron chi connectivity index (χ1n) is 8.22. The van der Waals surface area contributed by atoms with Gasteiger partial charge in [-0.3, -0.25) is 9.59 Å². The third kappa shape index (κ3) is 2.48. The summed E-state index contributed by atoms with van der Waals surface area (Å²) in [6.07, 6.45) is 1.03. The summed E-state index contributed by atoms with van der Waals surface area (Å²) >= 11 is 0. The minimum atomic E-state index is -0.902. The van der Waals surface area contributed by atoms with E-state index in [9.17, 15) is 9.59 Å². The van der Waals surface area contributed by atoms with E-state index in [-0.39, 0.29) is 17.8 Å². The fourth-order valence-corrected chi connectivity index (χ4v) is 3.75. The van der Waals surface area contributed by atoms with Gasteiger partial charge in [-0.15, -0.1) is 0 Å². The van der Waals surface area contributed by atoms with Crippen LogP contribution in [0.1, 0.15) is 42.4 Å². The highest BCUT2D eigenvalue weighted by atomic mass is 16.5. The zero-order valence-corrected chi connectivity index (χ0v) is 13.7. The van der Waals surface area contributed by atoms with Gasteiger partial charge >= 0.3 is 5.97 Å². The highest BCUT2D eigenvalue weighted by Crippen LogP contribution is 2.47. The zero-order chi connectivity index (χ0) is 17.2. The molecule has 0 spiro atoms. The summed E-state index contributed by atoms with van der Waals surface area (Å²) in [6.45, 7) is 2.14. The maximum Gasteiger partial charge on any atom is 0.313 e. The number of hydrogen-bond donors (Lipinski definition) is 1. The summed E-state index contributed by atoms with van der Waals surface area (Å²) in [5.41, 5.74) is 7.49. The highest BCUT2D eigenvalue weighted by molar-refractivity contribution is 5.93. The molecule has 1 amide bonds. The lowest BCUT2D eigenvalue weighted by Crippen LogP contribution is -2.46. The van der Waals surface area contributed by atoms with Gasteiger partial charge < -0.3 is 10.5 Å². The second-order valence-electron chi connectivity index (χ2n) is 6.07. The standard InChI is InChI=1S/C20H21NO3/c1-2-24-18(22)16-12-13-20(19(21)23,14-8-4-3-5-9-14)17-11-7-6-10-15(16)17/h3-11,16H,2,12-13H2,1H3,(H2,21,23). The van der Waals surface area contributed by atoms with Gasteiger partial charge in [0.15, 0.2) is 0 Å². The van der Waals surface area contributed by atoms with Crippen molar-refractivity contribution in [1.82, 2.24) is 0 Å². The van der Waals surface area contributed by atoms with Crippen molar-refractivity contribution in [3.8, 4) is 0 Å². The van der Waals surface area contributed by atoms with E-state index in [1.807, 2.05) is 54.6 Å². The predicted molar refractivity (Wildman–Crippen MR) is 91.5 cm³/mol. The first-order valence-corrected chi connectivity index (χ1v) is 8.22. The van der Waals surface area contributed by atoms with Crippen LogP contribution < -0.4 is 5.73 Å². The minimum Gasteiger partial charge on any atom is -0.466 e. The van der Waals surface area contributed by atoms with Gasteiger partial charge in [0.2, 0.25) is 5.91 Å². The van der Waals surface area contributed by atoms with Crippen LogP contribution in [-0.4, -0.2) is 18.5 Å². The van der Waals surface area contributed by atoms with E-state index >= 15 is 0 Å². The Morgan fingerprint density at radius 3 is 2.46 bits per heavy atom. The molecule has 2 atom stereocenters. The molecule has 2 aromatic carbocycles. The summed E-state index contributed by atoms with van der Waals surface area (Å²) < 4.78 is 5.22. The SMILES string of the molecule is CCOC(=O)C1CCC(C(N)=O)(c2ccccc2)c2ccccc21. The third-order valence-electron chi connectivity index (χ3n) is 4.86. The molecule has 2 aromatic rings. The number of amides is 1. The second kappa shape index (κ2) is 6.48. The van der Waals surface area contributed by atoms with Crippen LogP contribution >= 0.6 is 0 Å². The van der Waals surface area contributed by atoms with Crippen molar-refractivity contribution < 1.29 is 14.3 Å². The highest BCUT2D eigenvalue weighted by Gasteiger charge is 2.47. The number of carbonyl (C=O) groups is 2. The van der Waals surface area contributed by atoms with Crippen molar-refractivity contribution >= 4 is 11.9 Å². The number of benzene rings is 2. The third-order valence-corrected chi connectivity index (χ3v) is 4.86. The molecule has 0 radical (unpaired) electrons. The van der Waals surface area contributed by atoms with Gasteiger partial charge in [0, 0.05) is 0 Å². The normalized spacial score (nSPS) is 22.5. The van der Waals surface area contributed by atoms with Gasteiger partial charge in [0.05, 0.1) is 17.9 Å². The van der Waals surface area contributed by atoms with Gasteiger partial charge in [-0.2, -0.15) is 0 Å². The molecule has 0 saturated heterocycles. The molecular formula is C20H21NO3. The Hall–Kier alpha value is -2.62. The molecule has 1 aliphatic rings. The molecule has 2 N–H and O–H groups in total. The molecule has 0 fully saturated rings. The van der Waals surface area contributed by atoms with Crippen molar-refractivity contribution in [2.24, 2.45) is 5.73 Å². The van der Waals surface area contributed by atoms with E-state index in [4.69, 9.17) is 10.5 Å². The largest absolute Gasteiger partial charge is 0.466 e. The smallest absolute Gasteiger partial charge is 0.313 e. The topological polar surface area (TPSA) is 69.4 Å². The van der Waals surface area contributed by atoms with Gasteiger partial charge in [-0.1, -0.05) is 54.6 Å². The van der Waals surface area contributed by atoms with Crippen LogP contribution in [0.15, 0.2) is 54.6 Å². The Labute approximate surface area is 141 Å². The molecule has 0 saturated carbocycles. The van der Waals surface area contributed by atoms with Crippen LogP contribution in [0.5, 0.6) is 0 Å². The maximum absolute atomic E-state index is 12.5. The number of ether oxygens (including phenoxy) is 1. The molecule has 124 valence electrons. The Kier molecular flexibility index (Phi) is 4.38. The molecule has 24 heavy (non-hydrogen) atoms. The van der Waals surface area contributed by atoms with Crippen LogP contribution in [0.2, 0.25) is 0 Å². The molecule has 0 aromatic heterocycles. The summed E-state index contributed by atoms with van der Waals surface area (Å²) in [7, 11) is 0. The van der Waals surface area contributed by atoms with Crippen molar-refractivity contribution in [3.63, 3.8) is 0 Å². The molecule has 0 heterocycles. The Bertz CT molecular complexity index is 756. The quantitative estimate of drug-likeness (QED) is 0.880. The molecule has 0 aliphatic heterocycles. The van der Waals surface area contributed by atoms with Crippen LogP contribution in [-0.2, 0) is 19.7 Å². The van der Waals surface area contributed by atoms with E-state index < -0.39 is 5.41 Å². The van der Waals surface area contributed by atoms with Crippen LogP contribution in [0.4, 0.5) is 0 Å².